The Balaban J connectivity index is 1.41. The van der Waals surface area contributed by atoms with E-state index in [1.165, 1.54) is 24.0 Å². The SMILES string of the molecule is NC(=O)c1ccc(CN2C[C@H]3CC[C@@H]2CN(Cc2ccc(F)cc2)C3)cc1. The van der Waals surface area contributed by atoms with E-state index < -0.39 is 0 Å². The summed E-state index contributed by atoms with van der Waals surface area (Å²) in [6.45, 7) is 5.05. The van der Waals surface area contributed by atoms with Gasteiger partial charge in [0.1, 0.15) is 5.82 Å². The molecule has 3 aliphatic heterocycles. The largest absolute Gasteiger partial charge is 0.366 e. The molecule has 5 heteroatoms. The van der Waals surface area contributed by atoms with Crippen LogP contribution in [0.3, 0.4) is 0 Å². The van der Waals surface area contributed by atoms with Crippen molar-refractivity contribution in [3.63, 3.8) is 0 Å². The molecule has 27 heavy (non-hydrogen) atoms. The van der Waals surface area contributed by atoms with Crippen molar-refractivity contribution >= 4 is 5.91 Å². The molecule has 0 aromatic heterocycles. The van der Waals surface area contributed by atoms with Crippen molar-refractivity contribution in [3.05, 3.63) is 71.0 Å². The summed E-state index contributed by atoms with van der Waals surface area (Å²) in [6.07, 6.45) is 2.51. The Labute approximate surface area is 159 Å². The number of hydrogen-bond donors (Lipinski definition) is 1. The molecule has 0 radical (unpaired) electrons. The van der Waals surface area contributed by atoms with E-state index in [-0.39, 0.29) is 11.7 Å². The maximum Gasteiger partial charge on any atom is 0.248 e. The van der Waals surface area contributed by atoms with Crippen LogP contribution in [0.2, 0.25) is 0 Å². The van der Waals surface area contributed by atoms with Crippen LogP contribution in [0.4, 0.5) is 4.39 Å². The molecule has 3 heterocycles. The van der Waals surface area contributed by atoms with E-state index >= 15 is 0 Å². The molecule has 0 spiro atoms. The maximum atomic E-state index is 13.1. The molecule has 3 fully saturated rings. The Hall–Kier alpha value is -2.24. The van der Waals surface area contributed by atoms with Crippen molar-refractivity contribution in [1.82, 2.24) is 9.80 Å². The van der Waals surface area contributed by atoms with Crippen molar-refractivity contribution in [1.29, 1.82) is 0 Å². The lowest BCUT2D eigenvalue weighted by atomic mass is 9.94. The van der Waals surface area contributed by atoms with Gasteiger partial charge in [-0.25, -0.2) is 4.39 Å². The zero-order valence-electron chi connectivity index (χ0n) is 15.5. The number of nitrogens with zero attached hydrogens (tertiary/aromatic N) is 2. The summed E-state index contributed by atoms with van der Waals surface area (Å²) in [5, 5.41) is 0. The van der Waals surface area contributed by atoms with Crippen LogP contribution in [-0.2, 0) is 13.1 Å². The molecule has 5 rings (SSSR count). The standard InChI is InChI=1S/C22H26FN3O/c23-20-8-3-16(4-9-20)11-25-12-18-5-10-21(15-25)26(14-18)13-17-1-6-19(7-2-17)22(24)27/h1-4,6-9,18,21H,5,10-15H2,(H2,24,27)/t18-,21+/m0/s1. The van der Waals surface area contributed by atoms with Gasteiger partial charge in [0.2, 0.25) is 5.91 Å². The zero-order valence-corrected chi connectivity index (χ0v) is 15.5. The number of halogens is 1. The number of nitrogens with two attached hydrogens (primary N) is 1. The van der Waals surface area contributed by atoms with E-state index in [4.69, 9.17) is 5.73 Å². The van der Waals surface area contributed by atoms with Crippen molar-refractivity contribution in [3.8, 4) is 0 Å². The molecule has 1 amide bonds. The fourth-order valence-electron chi connectivity index (χ4n) is 4.46. The molecule has 2 N–H and O–H groups in total. The molecule has 0 saturated carbocycles. The molecule has 0 unspecified atom stereocenters. The predicted octanol–water partition coefficient (Wildman–Crippen LogP) is 3.02. The molecule has 2 aromatic rings. The third kappa shape index (κ3) is 4.37. The Kier molecular flexibility index (Phi) is 5.23. The summed E-state index contributed by atoms with van der Waals surface area (Å²) < 4.78 is 13.1. The van der Waals surface area contributed by atoms with Gasteiger partial charge in [-0.2, -0.15) is 0 Å². The van der Waals surface area contributed by atoms with Crippen LogP contribution in [0.25, 0.3) is 0 Å². The van der Waals surface area contributed by atoms with Crippen LogP contribution in [-0.4, -0.2) is 41.4 Å². The highest BCUT2D eigenvalue weighted by Crippen LogP contribution is 2.30. The maximum absolute atomic E-state index is 13.1. The summed E-state index contributed by atoms with van der Waals surface area (Å²) >= 11 is 0. The van der Waals surface area contributed by atoms with Gasteiger partial charge in [0.25, 0.3) is 0 Å². The summed E-state index contributed by atoms with van der Waals surface area (Å²) in [5.41, 5.74) is 8.28. The minimum atomic E-state index is -0.383. The Morgan fingerprint density at radius 2 is 1.59 bits per heavy atom. The van der Waals surface area contributed by atoms with Gasteiger partial charge >= 0.3 is 0 Å². The fraction of sp³-hybridized carbons (Fsp3) is 0.409. The minimum Gasteiger partial charge on any atom is -0.366 e. The molecule has 0 aliphatic carbocycles. The topological polar surface area (TPSA) is 49.6 Å². The van der Waals surface area contributed by atoms with E-state index in [0.29, 0.717) is 17.5 Å². The first-order valence-electron chi connectivity index (χ1n) is 9.66. The van der Waals surface area contributed by atoms with Gasteiger partial charge in [-0.1, -0.05) is 24.3 Å². The van der Waals surface area contributed by atoms with Crippen LogP contribution < -0.4 is 5.73 Å². The first kappa shape index (κ1) is 18.1. The van der Waals surface area contributed by atoms with Crippen molar-refractivity contribution in [2.45, 2.75) is 32.0 Å². The molecule has 3 aliphatic rings. The molecule has 2 bridgehead atoms. The van der Waals surface area contributed by atoms with Crippen molar-refractivity contribution in [2.75, 3.05) is 19.6 Å². The number of fused-ring (bicyclic) bond motifs is 4. The summed E-state index contributed by atoms with van der Waals surface area (Å²) in [7, 11) is 0. The number of hydrogen-bond acceptors (Lipinski definition) is 3. The van der Waals surface area contributed by atoms with E-state index in [1.807, 2.05) is 36.4 Å². The second-order valence-electron chi connectivity index (χ2n) is 7.91. The van der Waals surface area contributed by atoms with Crippen LogP contribution in [0.5, 0.6) is 0 Å². The third-order valence-electron chi connectivity index (χ3n) is 5.85. The zero-order chi connectivity index (χ0) is 18.8. The molecule has 4 nitrogen and oxygen atoms in total. The summed E-state index contributed by atoms with van der Waals surface area (Å²) in [4.78, 5) is 16.3. The second-order valence-corrected chi connectivity index (χ2v) is 7.91. The smallest absolute Gasteiger partial charge is 0.248 e. The Morgan fingerprint density at radius 3 is 2.30 bits per heavy atom. The molecular formula is C22H26FN3O. The average molecular weight is 367 g/mol. The van der Waals surface area contributed by atoms with Crippen molar-refractivity contribution < 1.29 is 9.18 Å². The van der Waals surface area contributed by atoms with Gasteiger partial charge in [0.15, 0.2) is 0 Å². The number of benzene rings is 2. The van der Waals surface area contributed by atoms with Crippen LogP contribution in [0, 0.1) is 11.7 Å². The molecular weight excluding hydrogens is 341 g/mol. The van der Waals surface area contributed by atoms with Gasteiger partial charge in [-0.15, -0.1) is 0 Å². The molecule has 142 valence electrons. The molecule has 2 atom stereocenters. The average Bonchev–Trinajstić information content (AvgIpc) is 2.95. The number of primary amides is 1. The lowest BCUT2D eigenvalue weighted by Gasteiger charge is -2.36. The van der Waals surface area contributed by atoms with Gasteiger partial charge in [-0.3, -0.25) is 14.6 Å². The summed E-state index contributed by atoms with van der Waals surface area (Å²) in [5.74, 6) is 0.115. The van der Waals surface area contributed by atoms with Crippen LogP contribution in [0.15, 0.2) is 48.5 Å². The minimum absolute atomic E-state index is 0.178. The number of rotatable bonds is 5. The molecule has 3 saturated heterocycles. The number of piperidine rings is 1. The van der Waals surface area contributed by atoms with Crippen molar-refractivity contribution in [2.24, 2.45) is 11.7 Å². The van der Waals surface area contributed by atoms with E-state index in [9.17, 15) is 9.18 Å². The predicted molar refractivity (Wildman–Crippen MR) is 104 cm³/mol. The van der Waals surface area contributed by atoms with Crippen LogP contribution in [0.1, 0.15) is 34.3 Å². The highest BCUT2D eigenvalue weighted by molar-refractivity contribution is 5.92. The Bertz CT molecular complexity index is 790. The fourth-order valence-corrected chi connectivity index (χ4v) is 4.46. The first-order valence-corrected chi connectivity index (χ1v) is 9.66. The monoisotopic (exact) mass is 367 g/mol. The normalized spacial score (nSPS) is 23.3. The highest BCUT2D eigenvalue weighted by Gasteiger charge is 2.34. The van der Waals surface area contributed by atoms with Crippen LogP contribution >= 0.6 is 0 Å². The van der Waals surface area contributed by atoms with Gasteiger partial charge in [-0.05, 0) is 54.2 Å². The van der Waals surface area contributed by atoms with E-state index in [0.717, 1.165) is 32.7 Å². The third-order valence-corrected chi connectivity index (χ3v) is 5.85. The Morgan fingerprint density at radius 1 is 0.926 bits per heavy atom. The molecule has 2 aromatic carbocycles. The second kappa shape index (κ2) is 7.79. The lowest BCUT2D eigenvalue weighted by molar-refractivity contribution is 0.1000. The number of carbonyl (C=O) groups excluding carboxylic acids is 1. The van der Waals surface area contributed by atoms with Gasteiger partial charge in [0, 0.05) is 44.3 Å². The van der Waals surface area contributed by atoms with E-state index in [2.05, 4.69) is 9.80 Å². The number of carbonyl (C=O) groups is 1. The number of amides is 1. The van der Waals surface area contributed by atoms with Gasteiger partial charge in [0.05, 0.1) is 0 Å². The van der Waals surface area contributed by atoms with E-state index in [1.54, 1.807) is 12.1 Å². The van der Waals surface area contributed by atoms with Gasteiger partial charge < -0.3 is 5.73 Å². The highest BCUT2D eigenvalue weighted by atomic mass is 19.1. The first-order chi connectivity index (χ1) is 13.1. The lowest BCUT2D eigenvalue weighted by Crippen LogP contribution is -2.43. The quantitative estimate of drug-likeness (QED) is 0.884. The summed E-state index contributed by atoms with van der Waals surface area (Å²) in [6, 6.07) is 15.1.